The van der Waals surface area contributed by atoms with Crippen LogP contribution in [0.1, 0.15) is 30.6 Å². The molecule has 2 N–H and O–H groups in total. The molecule has 2 aliphatic rings. The molecule has 1 aromatic rings. The summed E-state index contributed by atoms with van der Waals surface area (Å²) >= 11 is 7.38. The fourth-order valence-electron chi connectivity index (χ4n) is 3.25. The lowest BCUT2D eigenvalue weighted by molar-refractivity contribution is 0.179. The predicted octanol–water partition coefficient (Wildman–Crippen LogP) is 2.83. The number of fused-ring (bicyclic) bond motifs is 1. The number of carbonyl (C=O) groups excluding carboxylic acids is 1. The zero-order valence-corrected chi connectivity index (χ0v) is 13.0. The summed E-state index contributed by atoms with van der Waals surface area (Å²) in [7, 11) is 0. The number of thiophene rings is 1. The standard InChI is InChI=1S/C14H20ClN3OS/c15-13-5-4-10(20-13)9-16-14(19)17-11-6-8-18-7-2-1-3-12(11)18/h4-5,11-12H,1-3,6-9H2,(H2,16,17,19)/t11-,12-/m1/s1. The molecule has 2 fully saturated rings. The number of rotatable bonds is 3. The number of urea groups is 1. The van der Waals surface area contributed by atoms with Crippen molar-refractivity contribution in [1.29, 1.82) is 0 Å². The zero-order valence-electron chi connectivity index (χ0n) is 11.4. The Kier molecular flexibility index (Phi) is 4.48. The highest BCUT2D eigenvalue weighted by atomic mass is 35.5. The van der Waals surface area contributed by atoms with Crippen molar-refractivity contribution in [2.45, 2.75) is 44.3 Å². The molecule has 2 amide bonds. The number of carbonyl (C=O) groups is 1. The Morgan fingerprint density at radius 3 is 3.05 bits per heavy atom. The van der Waals surface area contributed by atoms with Gasteiger partial charge in [-0.2, -0.15) is 0 Å². The van der Waals surface area contributed by atoms with Crippen LogP contribution in [-0.4, -0.2) is 36.1 Å². The maximum Gasteiger partial charge on any atom is 0.315 e. The van der Waals surface area contributed by atoms with E-state index in [1.807, 2.05) is 12.1 Å². The van der Waals surface area contributed by atoms with Gasteiger partial charge in [0, 0.05) is 23.5 Å². The summed E-state index contributed by atoms with van der Waals surface area (Å²) < 4.78 is 0.760. The minimum Gasteiger partial charge on any atom is -0.334 e. The van der Waals surface area contributed by atoms with Crippen LogP contribution < -0.4 is 10.6 Å². The minimum atomic E-state index is -0.0630. The second-order valence-electron chi connectivity index (χ2n) is 5.53. The van der Waals surface area contributed by atoms with Gasteiger partial charge < -0.3 is 10.6 Å². The normalized spacial score (nSPS) is 26.2. The van der Waals surface area contributed by atoms with E-state index in [1.165, 1.54) is 37.1 Å². The first-order chi connectivity index (χ1) is 9.72. The smallest absolute Gasteiger partial charge is 0.315 e. The van der Waals surface area contributed by atoms with Gasteiger partial charge in [-0.15, -0.1) is 11.3 Å². The molecule has 3 rings (SSSR count). The fourth-order valence-corrected chi connectivity index (χ4v) is 4.28. The predicted molar refractivity (Wildman–Crippen MR) is 82.3 cm³/mol. The third-order valence-corrected chi connectivity index (χ3v) is 5.46. The second-order valence-corrected chi connectivity index (χ2v) is 7.33. The van der Waals surface area contributed by atoms with E-state index >= 15 is 0 Å². The van der Waals surface area contributed by atoms with Crippen LogP contribution >= 0.6 is 22.9 Å². The number of piperidine rings is 1. The van der Waals surface area contributed by atoms with Crippen LogP contribution in [0.4, 0.5) is 4.79 Å². The van der Waals surface area contributed by atoms with Crippen LogP contribution in [0.25, 0.3) is 0 Å². The van der Waals surface area contributed by atoms with Crippen molar-refractivity contribution in [3.8, 4) is 0 Å². The molecule has 2 atom stereocenters. The minimum absolute atomic E-state index is 0.0630. The SMILES string of the molecule is O=C(NCc1ccc(Cl)s1)N[C@@H]1CCN2CCCC[C@H]12. The third kappa shape index (κ3) is 3.27. The maximum absolute atomic E-state index is 12.0. The van der Waals surface area contributed by atoms with Gasteiger partial charge >= 0.3 is 6.03 Å². The van der Waals surface area contributed by atoms with Crippen LogP contribution in [0.2, 0.25) is 4.34 Å². The van der Waals surface area contributed by atoms with Crippen LogP contribution in [0.15, 0.2) is 12.1 Å². The molecular weight excluding hydrogens is 294 g/mol. The van der Waals surface area contributed by atoms with Gasteiger partial charge in [0.15, 0.2) is 0 Å². The lowest BCUT2D eigenvalue weighted by atomic mass is 9.99. The monoisotopic (exact) mass is 313 g/mol. The van der Waals surface area contributed by atoms with Crippen LogP contribution in [-0.2, 0) is 6.54 Å². The van der Waals surface area contributed by atoms with E-state index in [1.54, 1.807) is 0 Å². The lowest BCUT2D eigenvalue weighted by Crippen LogP contribution is -2.49. The van der Waals surface area contributed by atoms with Gasteiger partial charge in [0.2, 0.25) is 0 Å². The molecule has 0 spiro atoms. The molecule has 0 bridgehead atoms. The van der Waals surface area contributed by atoms with Crippen LogP contribution in [0.5, 0.6) is 0 Å². The Bertz CT molecular complexity index is 479. The summed E-state index contributed by atoms with van der Waals surface area (Å²) in [6.45, 7) is 2.86. The Labute approximate surface area is 128 Å². The van der Waals surface area contributed by atoms with Gasteiger partial charge in [0.1, 0.15) is 0 Å². The molecule has 2 saturated heterocycles. The van der Waals surface area contributed by atoms with Crippen LogP contribution in [0.3, 0.4) is 0 Å². The molecule has 6 heteroatoms. The van der Waals surface area contributed by atoms with Gasteiger partial charge in [-0.25, -0.2) is 4.79 Å². The fraction of sp³-hybridized carbons (Fsp3) is 0.643. The molecule has 0 aliphatic carbocycles. The van der Waals surface area contributed by atoms with Gasteiger partial charge in [0.25, 0.3) is 0 Å². The average molecular weight is 314 g/mol. The maximum atomic E-state index is 12.0. The largest absolute Gasteiger partial charge is 0.334 e. The number of hydrogen-bond donors (Lipinski definition) is 2. The molecular formula is C14H20ClN3OS. The molecule has 110 valence electrons. The van der Waals surface area contributed by atoms with Crippen molar-refractivity contribution < 1.29 is 4.79 Å². The zero-order chi connectivity index (χ0) is 13.9. The van der Waals surface area contributed by atoms with Gasteiger partial charge in [-0.05, 0) is 37.9 Å². The highest BCUT2D eigenvalue weighted by Crippen LogP contribution is 2.27. The summed E-state index contributed by atoms with van der Waals surface area (Å²) in [6, 6.07) is 4.60. The summed E-state index contributed by atoms with van der Waals surface area (Å²) in [5, 5.41) is 6.05. The Balaban J connectivity index is 1.46. The molecule has 3 heterocycles. The van der Waals surface area contributed by atoms with Gasteiger partial charge in [-0.1, -0.05) is 18.0 Å². The molecule has 0 saturated carbocycles. The molecule has 0 radical (unpaired) electrons. The quantitative estimate of drug-likeness (QED) is 0.901. The molecule has 4 nitrogen and oxygen atoms in total. The van der Waals surface area contributed by atoms with E-state index in [2.05, 4.69) is 15.5 Å². The van der Waals surface area contributed by atoms with Crippen molar-refractivity contribution in [3.05, 3.63) is 21.3 Å². The van der Waals surface area contributed by atoms with Crippen molar-refractivity contribution in [1.82, 2.24) is 15.5 Å². The first-order valence-corrected chi connectivity index (χ1v) is 8.44. The number of hydrogen-bond acceptors (Lipinski definition) is 3. The second kappa shape index (κ2) is 6.33. The first-order valence-electron chi connectivity index (χ1n) is 7.25. The topological polar surface area (TPSA) is 44.4 Å². The summed E-state index contributed by atoms with van der Waals surface area (Å²) in [5.41, 5.74) is 0. The number of nitrogens with one attached hydrogen (secondary N) is 2. The third-order valence-electron chi connectivity index (χ3n) is 4.22. The average Bonchev–Trinajstić information content (AvgIpc) is 3.04. The van der Waals surface area contributed by atoms with Crippen molar-refractivity contribution in [2.75, 3.05) is 13.1 Å². The van der Waals surface area contributed by atoms with Crippen LogP contribution in [0, 0.1) is 0 Å². The molecule has 1 aromatic heterocycles. The van der Waals surface area contributed by atoms with E-state index in [0.717, 1.165) is 22.2 Å². The van der Waals surface area contributed by atoms with E-state index in [4.69, 9.17) is 11.6 Å². The van der Waals surface area contributed by atoms with E-state index in [0.29, 0.717) is 18.6 Å². The number of halogens is 1. The van der Waals surface area contributed by atoms with Crippen molar-refractivity contribution >= 4 is 29.0 Å². The number of nitrogens with zero attached hydrogens (tertiary/aromatic N) is 1. The highest BCUT2D eigenvalue weighted by molar-refractivity contribution is 7.16. The van der Waals surface area contributed by atoms with Crippen molar-refractivity contribution in [3.63, 3.8) is 0 Å². The molecule has 2 aliphatic heterocycles. The highest BCUT2D eigenvalue weighted by Gasteiger charge is 2.36. The molecule has 0 unspecified atom stereocenters. The Hall–Kier alpha value is -0.780. The molecule has 20 heavy (non-hydrogen) atoms. The van der Waals surface area contributed by atoms with E-state index in [9.17, 15) is 4.79 Å². The summed E-state index contributed by atoms with van der Waals surface area (Å²) in [5.74, 6) is 0. The molecule has 0 aromatic carbocycles. The summed E-state index contributed by atoms with van der Waals surface area (Å²) in [6.07, 6.45) is 4.87. The Morgan fingerprint density at radius 1 is 1.35 bits per heavy atom. The van der Waals surface area contributed by atoms with E-state index in [-0.39, 0.29) is 6.03 Å². The van der Waals surface area contributed by atoms with Crippen molar-refractivity contribution in [2.24, 2.45) is 0 Å². The first kappa shape index (κ1) is 14.2. The number of amides is 2. The van der Waals surface area contributed by atoms with Gasteiger partial charge in [-0.3, -0.25) is 4.90 Å². The lowest BCUT2D eigenvalue weighted by Gasteiger charge is -2.32. The van der Waals surface area contributed by atoms with E-state index < -0.39 is 0 Å². The Morgan fingerprint density at radius 2 is 2.25 bits per heavy atom. The summed E-state index contributed by atoms with van der Waals surface area (Å²) in [4.78, 5) is 15.6. The van der Waals surface area contributed by atoms with Gasteiger partial charge in [0.05, 0.1) is 10.9 Å².